The first-order valence-corrected chi connectivity index (χ1v) is 6.26. The lowest BCUT2D eigenvalue weighted by Crippen LogP contribution is -2.52. The molecule has 0 aromatic heterocycles. The van der Waals surface area contributed by atoms with Crippen molar-refractivity contribution < 1.29 is 32.9 Å². The van der Waals surface area contributed by atoms with E-state index >= 15 is 0 Å². The zero-order chi connectivity index (χ0) is 15.7. The van der Waals surface area contributed by atoms with Gasteiger partial charge in [0.05, 0.1) is 30.9 Å². The van der Waals surface area contributed by atoms with Crippen molar-refractivity contribution in [1.29, 1.82) is 0 Å². The molecule has 0 spiro atoms. The summed E-state index contributed by atoms with van der Waals surface area (Å²) < 4.78 is 45.3. The highest BCUT2D eigenvalue weighted by Crippen LogP contribution is 2.27. The number of ether oxygens (including phenoxy) is 1. The maximum atomic E-state index is 13.8. The molecule has 1 amide bonds. The number of amides is 1. The van der Waals surface area contributed by atoms with Gasteiger partial charge in [0.15, 0.2) is 17.4 Å². The van der Waals surface area contributed by atoms with Crippen LogP contribution in [0.5, 0.6) is 5.75 Å². The second-order valence-corrected chi connectivity index (χ2v) is 4.83. The minimum atomic E-state index is -1.74. The van der Waals surface area contributed by atoms with Crippen molar-refractivity contribution in [3.63, 3.8) is 0 Å². The lowest BCUT2D eigenvalue weighted by Gasteiger charge is -2.37. The molecule has 8 heteroatoms. The molecule has 5 nitrogen and oxygen atoms in total. The standard InChI is InChI=1S/C13H14F3NO4/c1-6-5-21-7(4-18)3-17(6)13(20)8-2-9(14)11(16)12(19)10(8)15/h2,6-7,18-19H,3-5H2,1H3. The van der Waals surface area contributed by atoms with Gasteiger partial charge < -0.3 is 19.8 Å². The number of aliphatic hydroxyl groups excluding tert-OH is 1. The molecule has 0 bridgehead atoms. The third-order valence-corrected chi connectivity index (χ3v) is 3.33. The number of nitrogens with zero attached hydrogens (tertiary/aromatic N) is 1. The van der Waals surface area contributed by atoms with Crippen molar-refractivity contribution in [1.82, 2.24) is 4.90 Å². The van der Waals surface area contributed by atoms with Crippen LogP contribution in [0, 0.1) is 17.5 Å². The quantitative estimate of drug-likeness (QED) is 0.801. The maximum Gasteiger partial charge on any atom is 0.257 e. The highest BCUT2D eigenvalue weighted by atomic mass is 19.2. The fourth-order valence-electron chi connectivity index (χ4n) is 2.11. The van der Waals surface area contributed by atoms with Gasteiger partial charge in [-0.15, -0.1) is 0 Å². The Kier molecular flexibility index (Phi) is 4.38. The van der Waals surface area contributed by atoms with E-state index in [9.17, 15) is 18.0 Å². The second kappa shape index (κ2) is 5.90. The van der Waals surface area contributed by atoms with E-state index in [0.717, 1.165) is 0 Å². The Morgan fingerprint density at radius 1 is 1.43 bits per heavy atom. The predicted molar refractivity (Wildman–Crippen MR) is 65.3 cm³/mol. The Morgan fingerprint density at radius 3 is 2.71 bits per heavy atom. The number of hydrogen-bond acceptors (Lipinski definition) is 4. The molecule has 1 fully saturated rings. The summed E-state index contributed by atoms with van der Waals surface area (Å²) in [6, 6.07) is -0.0296. The molecule has 0 saturated carbocycles. The molecule has 2 unspecified atom stereocenters. The third kappa shape index (κ3) is 2.81. The van der Waals surface area contributed by atoms with Crippen molar-refractivity contribution in [3.8, 4) is 5.75 Å². The van der Waals surface area contributed by atoms with Crippen LogP contribution in [0.3, 0.4) is 0 Å². The van der Waals surface area contributed by atoms with Crippen LogP contribution < -0.4 is 0 Å². The number of rotatable bonds is 2. The summed E-state index contributed by atoms with van der Waals surface area (Å²) in [5.41, 5.74) is -0.767. The first kappa shape index (κ1) is 15.6. The van der Waals surface area contributed by atoms with Crippen LogP contribution in [0.25, 0.3) is 0 Å². The molecular weight excluding hydrogens is 291 g/mol. The van der Waals surface area contributed by atoms with E-state index in [1.807, 2.05) is 0 Å². The molecule has 1 saturated heterocycles. The smallest absolute Gasteiger partial charge is 0.257 e. The van der Waals surface area contributed by atoms with Gasteiger partial charge in [-0.25, -0.2) is 8.78 Å². The van der Waals surface area contributed by atoms with Crippen LogP contribution in [0.1, 0.15) is 17.3 Å². The predicted octanol–water partition coefficient (Wildman–Crippen LogP) is 1.03. The van der Waals surface area contributed by atoms with Gasteiger partial charge in [-0.05, 0) is 13.0 Å². The second-order valence-electron chi connectivity index (χ2n) is 4.83. The van der Waals surface area contributed by atoms with Gasteiger partial charge in [-0.1, -0.05) is 0 Å². The first-order chi connectivity index (χ1) is 9.86. The van der Waals surface area contributed by atoms with Crippen molar-refractivity contribution >= 4 is 5.91 Å². The van der Waals surface area contributed by atoms with Crippen molar-refractivity contribution in [3.05, 3.63) is 29.1 Å². The normalized spacial score (nSPS) is 22.4. The molecule has 2 rings (SSSR count). The molecule has 2 atom stereocenters. The van der Waals surface area contributed by atoms with E-state index < -0.39 is 46.8 Å². The zero-order valence-corrected chi connectivity index (χ0v) is 11.1. The topological polar surface area (TPSA) is 70.0 Å². The van der Waals surface area contributed by atoms with Crippen LogP contribution in [-0.4, -0.2) is 52.9 Å². The molecule has 0 aliphatic carbocycles. The monoisotopic (exact) mass is 305 g/mol. The third-order valence-electron chi connectivity index (χ3n) is 3.33. The highest BCUT2D eigenvalue weighted by Gasteiger charge is 2.33. The number of carbonyl (C=O) groups excluding carboxylic acids is 1. The average Bonchev–Trinajstić information content (AvgIpc) is 2.48. The van der Waals surface area contributed by atoms with E-state index in [1.54, 1.807) is 6.92 Å². The fraction of sp³-hybridized carbons (Fsp3) is 0.462. The summed E-state index contributed by atoms with van der Waals surface area (Å²) in [7, 11) is 0. The Bertz CT molecular complexity index is 567. The van der Waals surface area contributed by atoms with Crippen LogP contribution >= 0.6 is 0 Å². The molecule has 2 N–H and O–H groups in total. The Hall–Kier alpha value is -1.80. The molecule has 0 radical (unpaired) electrons. The van der Waals surface area contributed by atoms with Gasteiger partial charge in [-0.3, -0.25) is 4.79 Å². The van der Waals surface area contributed by atoms with Gasteiger partial charge in [0.2, 0.25) is 5.82 Å². The number of phenols is 1. The number of hydrogen-bond donors (Lipinski definition) is 2. The van der Waals surface area contributed by atoms with Crippen molar-refractivity contribution in [2.75, 3.05) is 19.8 Å². The fourth-order valence-corrected chi connectivity index (χ4v) is 2.11. The van der Waals surface area contributed by atoms with Crippen molar-refractivity contribution in [2.45, 2.75) is 19.1 Å². The number of carbonyl (C=O) groups is 1. The van der Waals surface area contributed by atoms with Crippen LogP contribution in [-0.2, 0) is 4.74 Å². The SMILES string of the molecule is CC1COC(CO)CN1C(=O)c1cc(F)c(F)c(O)c1F. The van der Waals surface area contributed by atoms with E-state index in [2.05, 4.69) is 0 Å². The summed E-state index contributed by atoms with van der Waals surface area (Å²) in [5.74, 6) is -7.21. The van der Waals surface area contributed by atoms with E-state index in [1.165, 1.54) is 4.90 Å². The molecule has 1 heterocycles. The minimum Gasteiger partial charge on any atom is -0.503 e. The molecule has 1 aromatic rings. The summed E-state index contributed by atoms with van der Waals surface area (Å²) in [6.07, 6.45) is -0.632. The van der Waals surface area contributed by atoms with Gasteiger partial charge in [0.1, 0.15) is 0 Å². The summed E-state index contributed by atoms with van der Waals surface area (Å²) in [6.45, 7) is 1.40. The number of morpholine rings is 1. The van der Waals surface area contributed by atoms with Crippen LogP contribution in [0.2, 0.25) is 0 Å². The molecule has 21 heavy (non-hydrogen) atoms. The van der Waals surface area contributed by atoms with E-state index in [4.69, 9.17) is 14.9 Å². The molecule has 1 aromatic carbocycles. The lowest BCUT2D eigenvalue weighted by molar-refractivity contribution is -0.0668. The number of aliphatic hydroxyl groups is 1. The van der Waals surface area contributed by atoms with Crippen LogP contribution in [0.4, 0.5) is 13.2 Å². The molecule has 1 aliphatic rings. The Balaban J connectivity index is 2.35. The minimum absolute atomic E-state index is 0.0182. The summed E-state index contributed by atoms with van der Waals surface area (Å²) in [4.78, 5) is 13.4. The number of phenolic OH excluding ortho intramolecular Hbond substituents is 1. The van der Waals surface area contributed by atoms with E-state index in [0.29, 0.717) is 6.07 Å². The summed E-state index contributed by atoms with van der Waals surface area (Å²) in [5, 5.41) is 18.2. The number of halogens is 3. The molecule has 116 valence electrons. The first-order valence-electron chi connectivity index (χ1n) is 6.26. The maximum absolute atomic E-state index is 13.8. The number of aromatic hydroxyl groups is 1. The van der Waals surface area contributed by atoms with Crippen molar-refractivity contribution in [2.24, 2.45) is 0 Å². The van der Waals surface area contributed by atoms with Crippen LogP contribution in [0.15, 0.2) is 6.07 Å². The lowest BCUT2D eigenvalue weighted by atomic mass is 10.1. The molecular formula is C13H14F3NO4. The highest BCUT2D eigenvalue weighted by molar-refractivity contribution is 5.95. The molecule has 1 aliphatic heterocycles. The van der Waals surface area contributed by atoms with Gasteiger partial charge >= 0.3 is 0 Å². The van der Waals surface area contributed by atoms with Gasteiger partial charge in [0, 0.05) is 6.54 Å². The van der Waals surface area contributed by atoms with Gasteiger partial charge in [-0.2, -0.15) is 4.39 Å². The Labute approximate surface area is 118 Å². The number of benzene rings is 1. The van der Waals surface area contributed by atoms with Gasteiger partial charge in [0.25, 0.3) is 5.91 Å². The average molecular weight is 305 g/mol. The Morgan fingerprint density at radius 2 is 2.10 bits per heavy atom. The summed E-state index contributed by atoms with van der Waals surface area (Å²) >= 11 is 0. The van der Waals surface area contributed by atoms with E-state index in [-0.39, 0.29) is 19.8 Å². The largest absolute Gasteiger partial charge is 0.503 e. The zero-order valence-electron chi connectivity index (χ0n) is 11.1.